The van der Waals surface area contributed by atoms with Gasteiger partial charge in [0.05, 0.1) is 16.8 Å². The lowest BCUT2D eigenvalue weighted by atomic mass is 9.74. The summed E-state index contributed by atoms with van der Waals surface area (Å²) >= 11 is 0. The number of Topliss-reactive ketones (excluding diaryl/α,β-unsaturated/α-hetero) is 1. The number of carbonyl (C=O) groups excluding carboxylic acids is 1. The summed E-state index contributed by atoms with van der Waals surface area (Å²) in [6.07, 6.45) is 3.75. The summed E-state index contributed by atoms with van der Waals surface area (Å²) in [6.45, 7) is 4.05. The van der Waals surface area contributed by atoms with Crippen LogP contribution in [0.1, 0.15) is 38.4 Å². The number of pyridine rings is 1. The van der Waals surface area contributed by atoms with Crippen molar-refractivity contribution in [1.29, 1.82) is 5.26 Å². The first-order chi connectivity index (χ1) is 10.4. The third-order valence-electron chi connectivity index (χ3n) is 4.03. The van der Waals surface area contributed by atoms with Gasteiger partial charge >= 0.3 is 0 Å². The molecule has 3 rings (SSSR count). The monoisotopic (exact) mass is 295 g/mol. The highest BCUT2D eigenvalue weighted by Gasteiger charge is 2.41. The minimum Gasteiger partial charge on any atom is -0.484 e. The maximum Gasteiger partial charge on any atom is 0.168 e. The normalized spacial score (nSPS) is 23.7. The highest BCUT2D eigenvalue weighted by Crippen LogP contribution is 2.45. The third kappa shape index (κ3) is 2.27. The number of rotatable bonds is 1. The molecule has 1 aromatic heterocycles. The Kier molecular flexibility index (Phi) is 3.25. The summed E-state index contributed by atoms with van der Waals surface area (Å²) in [5.74, 6) is 0.535. The molecule has 0 saturated carbocycles. The van der Waals surface area contributed by atoms with Crippen LogP contribution in [0, 0.1) is 16.7 Å². The Hall–Kier alpha value is -2.61. The van der Waals surface area contributed by atoms with Crippen LogP contribution >= 0.6 is 0 Å². The van der Waals surface area contributed by atoms with Gasteiger partial charge in [-0.3, -0.25) is 9.78 Å². The summed E-state index contributed by atoms with van der Waals surface area (Å²) in [5, 5.41) is 9.45. The molecule has 0 bridgehead atoms. The molecule has 2 heterocycles. The number of carbonyl (C=O) groups is 1. The molecule has 2 N–H and O–H groups in total. The second kappa shape index (κ2) is 4.99. The Morgan fingerprint density at radius 1 is 1.45 bits per heavy atom. The molecule has 0 amide bonds. The Morgan fingerprint density at radius 3 is 2.86 bits per heavy atom. The zero-order chi connectivity index (χ0) is 15.9. The van der Waals surface area contributed by atoms with E-state index in [2.05, 4.69) is 11.1 Å². The number of nitrogens with zero attached hydrogens (tertiary/aromatic N) is 2. The molecule has 1 unspecified atom stereocenters. The van der Waals surface area contributed by atoms with Crippen LogP contribution in [0.4, 0.5) is 0 Å². The van der Waals surface area contributed by atoms with Crippen molar-refractivity contribution >= 4 is 5.78 Å². The van der Waals surface area contributed by atoms with E-state index in [1.54, 1.807) is 18.5 Å². The molecule has 112 valence electrons. The molecule has 0 spiro atoms. The van der Waals surface area contributed by atoms with Crippen molar-refractivity contribution in [2.45, 2.75) is 32.8 Å². The highest BCUT2D eigenvalue weighted by atomic mass is 16.5. The SMILES string of the molecule is CC1(C)CC(=O)C2=C(C1)OC(c1cccnc1)C(C#N)=C2N. The number of allylic oxidation sites excluding steroid dienone is 2. The van der Waals surface area contributed by atoms with Crippen LogP contribution in [0.15, 0.2) is 47.1 Å². The molecular formula is C17H17N3O2. The van der Waals surface area contributed by atoms with Gasteiger partial charge in [0.25, 0.3) is 0 Å². The van der Waals surface area contributed by atoms with Crippen LogP contribution in [-0.2, 0) is 9.53 Å². The fourth-order valence-corrected chi connectivity index (χ4v) is 3.03. The van der Waals surface area contributed by atoms with E-state index in [4.69, 9.17) is 10.5 Å². The maximum atomic E-state index is 12.4. The lowest BCUT2D eigenvalue weighted by molar-refractivity contribution is -0.118. The minimum atomic E-state index is -0.598. The van der Waals surface area contributed by atoms with E-state index in [1.807, 2.05) is 19.9 Å². The van der Waals surface area contributed by atoms with Gasteiger partial charge in [-0.25, -0.2) is 0 Å². The van der Waals surface area contributed by atoms with E-state index in [0.717, 1.165) is 5.56 Å². The number of aromatic nitrogens is 1. The van der Waals surface area contributed by atoms with Crippen LogP contribution in [-0.4, -0.2) is 10.8 Å². The van der Waals surface area contributed by atoms with Gasteiger partial charge in [-0.15, -0.1) is 0 Å². The minimum absolute atomic E-state index is 0.0545. The van der Waals surface area contributed by atoms with E-state index >= 15 is 0 Å². The van der Waals surface area contributed by atoms with Gasteiger partial charge in [0, 0.05) is 30.8 Å². The van der Waals surface area contributed by atoms with Crippen molar-refractivity contribution < 1.29 is 9.53 Å². The molecule has 0 saturated heterocycles. The zero-order valence-electron chi connectivity index (χ0n) is 12.6. The number of hydrogen-bond donors (Lipinski definition) is 1. The first kappa shape index (κ1) is 14.3. The lowest BCUT2D eigenvalue weighted by Crippen LogP contribution is -2.33. The summed E-state index contributed by atoms with van der Waals surface area (Å²) in [7, 11) is 0. The molecule has 1 aliphatic heterocycles. The Morgan fingerprint density at radius 2 is 2.23 bits per heavy atom. The van der Waals surface area contributed by atoms with Crippen molar-refractivity contribution in [2.24, 2.45) is 11.1 Å². The lowest BCUT2D eigenvalue weighted by Gasteiger charge is -2.37. The van der Waals surface area contributed by atoms with E-state index < -0.39 is 6.10 Å². The van der Waals surface area contributed by atoms with Gasteiger partial charge in [-0.05, 0) is 11.5 Å². The standard InChI is InChI=1S/C17H17N3O2/c1-17(2)6-12(21)14-13(7-17)22-16(11(8-18)15(14)19)10-4-3-5-20-9-10/h3-5,9,16H,6-7,19H2,1-2H3. The van der Waals surface area contributed by atoms with Crippen LogP contribution in [0.2, 0.25) is 0 Å². The molecule has 1 aliphatic carbocycles. The molecule has 0 aromatic carbocycles. The van der Waals surface area contributed by atoms with Crippen molar-refractivity contribution in [3.8, 4) is 6.07 Å². The van der Waals surface area contributed by atoms with Crippen LogP contribution in [0.3, 0.4) is 0 Å². The van der Waals surface area contributed by atoms with E-state index in [9.17, 15) is 10.1 Å². The Labute approximate surface area is 129 Å². The predicted molar refractivity (Wildman–Crippen MR) is 79.9 cm³/mol. The predicted octanol–water partition coefficient (Wildman–Crippen LogP) is 2.53. The number of ether oxygens (including phenoxy) is 1. The molecule has 2 aliphatic rings. The van der Waals surface area contributed by atoms with E-state index in [-0.39, 0.29) is 22.5 Å². The summed E-state index contributed by atoms with van der Waals surface area (Å²) in [6, 6.07) is 5.71. The van der Waals surface area contributed by atoms with Crippen molar-refractivity contribution in [3.63, 3.8) is 0 Å². The molecule has 1 aromatic rings. The third-order valence-corrected chi connectivity index (χ3v) is 4.03. The summed E-state index contributed by atoms with van der Waals surface area (Å²) < 4.78 is 6.01. The Balaban J connectivity index is 2.11. The highest BCUT2D eigenvalue weighted by molar-refractivity contribution is 6.01. The molecule has 0 radical (unpaired) electrons. The molecule has 0 fully saturated rings. The van der Waals surface area contributed by atoms with Gasteiger partial charge in [-0.2, -0.15) is 5.26 Å². The number of hydrogen-bond acceptors (Lipinski definition) is 5. The Bertz CT molecular complexity index is 739. The van der Waals surface area contributed by atoms with Crippen LogP contribution < -0.4 is 5.73 Å². The van der Waals surface area contributed by atoms with Gasteiger partial charge in [0.1, 0.15) is 11.8 Å². The quantitative estimate of drug-likeness (QED) is 0.860. The van der Waals surface area contributed by atoms with Crippen LogP contribution in [0.5, 0.6) is 0 Å². The fraction of sp³-hybridized carbons (Fsp3) is 0.353. The smallest absolute Gasteiger partial charge is 0.168 e. The average Bonchev–Trinajstić information content (AvgIpc) is 2.46. The number of nitriles is 1. The molecule has 5 nitrogen and oxygen atoms in total. The second-order valence-corrected chi connectivity index (χ2v) is 6.46. The molecular weight excluding hydrogens is 278 g/mol. The summed E-state index contributed by atoms with van der Waals surface area (Å²) in [5.41, 5.74) is 7.63. The van der Waals surface area contributed by atoms with Crippen molar-refractivity contribution in [1.82, 2.24) is 4.98 Å². The average molecular weight is 295 g/mol. The first-order valence-electron chi connectivity index (χ1n) is 7.16. The molecule has 22 heavy (non-hydrogen) atoms. The zero-order valence-corrected chi connectivity index (χ0v) is 12.6. The second-order valence-electron chi connectivity index (χ2n) is 6.46. The van der Waals surface area contributed by atoms with Crippen LogP contribution in [0.25, 0.3) is 0 Å². The topological polar surface area (TPSA) is 89.0 Å². The summed E-state index contributed by atoms with van der Waals surface area (Å²) in [4.78, 5) is 16.5. The van der Waals surface area contributed by atoms with Gasteiger partial charge in [0.15, 0.2) is 11.9 Å². The van der Waals surface area contributed by atoms with Gasteiger partial charge in [0.2, 0.25) is 0 Å². The number of nitrogens with two attached hydrogens (primary N) is 1. The van der Waals surface area contributed by atoms with E-state index in [1.165, 1.54) is 0 Å². The van der Waals surface area contributed by atoms with Crippen molar-refractivity contribution in [3.05, 3.63) is 52.7 Å². The fourth-order valence-electron chi connectivity index (χ4n) is 3.03. The van der Waals surface area contributed by atoms with Crippen molar-refractivity contribution in [2.75, 3.05) is 0 Å². The first-order valence-corrected chi connectivity index (χ1v) is 7.16. The maximum absolute atomic E-state index is 12.4. The van der Waals surface area contributed by atoms with Gasteiger partial charge in [-0.1, -0.05) is 19.9 Å². The van der Waals surface area contributed by atoms with E-state index in [0.29, 0.717) is 24.2 Å². The number of ketones is 1. The van der Waals surface area contributed by atoms with Gasteiger partial charge < -0.3 is 10.5 Å². The molecule has 1 atom stereocenters. The molecule has 5 heteroatoms. The largest absolute Gasteiger partial charge is 0.484 e.